The lowest BCUT2D eigenvalue weighted by Crippen LogP contribution is -2.43. The molecule has 0 radical (unpaired) electrons. The molecule has 1 fully saturated rings. The largest absolute Gasteiger partial charge is 0.295 e. The number of piperidine rings is 1. The first-order chi connectivity index (χ1) is 7.84. The SMILES string of the molecule is CC1CCCN(n2ncc3cncnc32)C1. The highest BCUT2D eigenvalue weighted by molar-refractivity contribution is 5.73. The molecule has 3 heterocycles. The molecule has 0 bridgehead atoms. The zero-order valence-corrected chi connectivity index (χ0v) is 9.37. The molecule has 1 aliphatic heterocycles. The fraction of sp³-hybridized carbons (Fsp3) is 0.545. The van der Waals surface area contributed by atoms with Crippen molar-refractivity contribution in [2.24, 2.45) is 5.92 Å². The fourth-order valence-corrected chi connectivity index (χ4v) is 2.31. The molecule has 1 unspecified atom stereocenters. The van der Waals surface area contributed by atoms with Crippen LogP contribution in [-0.4, -0.2) is 32.9 Å². The molecule has 84 valence electrons. The van der Waals surface area contributed by atoms with Crippen LogP contribution in [0.5, 0.6) is 0 Å². The summed E-state index contributed by atoms with van der Waals surface area (Å²) < 4.78 is 0. The normalized spacial score (nSPS) is 21.6. The van der Waals surface area contributed by atoms with Crippen LogP contribution < -0.4 is 5.01 Å². The van der Waals surface area contributed by atoms with Gasteiger partial charge in [-0.05, 0) is 18.8 Å². The topological polar surface area (TPSA) is 46.8 Å². The molecule has 3 rings (SSSR count). The number of rotatable bonds is 1. The lowest BCUT2D eigenvalue weighted by molar-refractivity contribution is 0.375. The van der Waals surface area contributed by atoms with Gasteiger partial charge in [-0.1, -0.05) is 6.92 Å². The molecule has 0 amide bonds. The maximum atomic E-state index is 4.39. The van der Waals surface area contributed by atoms with Crippen LogP contribution in [0.1, 0.15) is 19.8 Å². The summed E-state index contributed by atoms with van der Waals surface area (Å²) >= 11 is 0. The molecule has 0 N–H and O–H groups in total. The van der Waals surface area contributed by atoms with Crippen LogP contribution in [0, 0.1) is 5.92 Å². The van der Waals surface area contributed by atoms with Crippen molar-refractivity contribution < 1.29 is 0 Å². The number of hydrogen-bond donors (Lipinski definition) is 0. The van der Waals surface area contributed by atoms with E-state index in [1.165, 1.54) is 12.8 Å². The van der Waals surface area contributed by atoms with Crippen molar-refractivity contribution in [3.8, 4) is 0 Å². The van der Waals surface area contributed by atoms with Crippen molar-refractivity contribution in [3.63, 3.8) is 0 Å². The minimum Gasteiger partial charge on any atom is -0.295 e. The predicted molar refractivity (Wildman–Crippen MR) is 61.7 cm³/mol. The molecule has 0 saturated carbocycles. The molecule has 16 heavy (non-hydrogen) atoms. The minimum absolute atomic E-state index is 0.731. The Bertz CT molecular complexity index is 492. The third-order valence-electron chi connectivity index (χ3n) is 3.12. The summed E-state index contributed by atoms with van der Waals surface area (Å²) in [6.45, 7) is 4.40. The molecule has 2 aromatic heterocycles. The van der Waals surface area contributed by atoms with Crippen LogP contribution in [0.3, 0.4) is 0 Å². The molecule has 0 spiro atoms. The molecule has 2 aromatic rings. The Morgan fingerprint density at radius 3 is 3.19 bits per heavy atom. The molecule has 5 nitrogen and oxygen atoms in total. The second kappa shape index (κ2) is 3.73. The van der Waals surface area contributed by atoms with Gasteiger partial charge in [0.25, 0.3) is 0 Å². The summed E-state index contributed by atoms with van der Waals surface area (Å²) in [6.07, 6.45) is 7.75. The summed E-state index contributed by atoms with van der Waals surface area (Å²) in [4.78, 5) is 10.2. The molecular weight excluding hydrogens is 202 g/mol. The van der Waals surface area contributed by atoms with Gasteiger partial charge in [0.2, 0.25) is 0 Å². The Morgan fingerprint density at radius 2 is 2.31 bits per heavy atom. The van der Waals surface area contributed by atoms with Gasteiger partial charge in [-0.3, -0.25) is 5.01 Å². The quantitative estimate of drug-likeness (QED) is 0.720. The van der Waals surface area contributed by atoms with E-state index in [1.54, 1.807) is 12.5 Å². The van der Waals surface area contributed by atoms with E-state index in [0.717, 1.165) is 30.0 Å². The van der Waals surface area contributed by atoms with Crippen molar-refractivity contribution in [2.75, 3.05) is 18.1 Å². The van der Waals surface area contributed by atoms with E-state index in [4.69, 9.17) is 0 Å². The number of hydrogen-bond acceptors (Lipinski definition) is 4. The monoisotopic (exact) mass is 217 g/mol. The zero-order chi connectivity index (χ0) is 11.0. The number of fused-ring (bicyclic) bond motifs is 1. The molecular formula is C11H15N5. The second-order valence-corrected chi connectivity index (χ2v) is 4.50. The van der Waals surface area contributed by atoms with Crippen LogP contribution in [0.25, 0.3) is 11.0 Å². The maximum Gasteiger partial charge on any atom is 0.183 e. The van der Waals surface area contributed by atoms with E-state index in [2.05, 4.69) is 27.0 Å². The highest BCUT2D eigenvalue weighted by atomic mass is 15.7. The average Bonchev–Trinajstić information content (AvgIpc) is 2.72. The Kier molecular flexibility index (Phi) is 2.23. The third kappa shape index (κ3) is 1.52. The Labute approximate surface area is 94.1 Å². The van der Waals surface area contributed by atoms with Crippen molar-refractivity contribution >= 4 is 11.0 Å². The van der Waals surface area contributed by atoms with Crippen LogP contribution in [-0.2, 0) is 0 Å². The van der Waals surface area contributed by atoms with Gasteiger partial charge >= 0.3 is 0 Å². The first-order valence-corrected chi connectivity index (χ1v) is 5.73. The number of nitrogens with zero attached hydrogens (tertiary/aromatic N) is 5. The molecule has 5 heteroatoms. The van der Waals surface area contributed by atoms with Crippen LogP contribution >= 0.6 is 0 Å². The van der Waals surface area contributed by atoms with E-state index in [0.29, 0.717) is 0 Å². The van der Waals surface area contributed by atoms with Crippen molar-refractivity contribution in [2.45, 2.75) is 19.8 Å². The Hall–Kier alpha value is -1.65. The second-order valence-electron chi connectivity index (χ2n) is 4.50. The average molecular weight is 217 g/mol. The van der Waals surface area contributed by atoms with Gasteiger partial charge in [0.05, 0.1) is 11.6 Å². The number of aromatic nitrogens is 4. The molecule has 0 aliphatic carbocycles. The van der Waals surface area contributed by atoms with E-state index < -0.39 is 0 Å². The van der Waals surface area contributed by atoms with Gasteiger partial charge in [0, 0.05) is 19.3 Å². The van der Waals surface area contributed by atoms with E-state index in [-0.39, 0.29) is 0 Å². The van der Waals surface area contributed by atoms with E-state index in [1.807, 2.05) is 11.0 Å². The lowest BCUT2D eigenvalue weighted by Gasteiger charge is -2.32. The lowest BCUT2D eigenvalue weighted by atomic mass is 10.0. The highest BCUT2D eigenvalue weighted by Gasteiger charge is 2.18. The summed E-state index contributed by atoms with van der Waals surface area (Å²) in [5, 5.41) is 7.66. The van der Waals surface area contributed by atoms with Crippen molar-refractivity contribution in [1.29, 1.82) is 0 Å². The van der Waals surface area contributed by atoms with Crippen LogP contribution in [0.15, 0.2) is 18.7 Å². The van der Waals surface area contributed by atoms with Crippen LogP contribution in [0.2, 0.25) is 0 Å². The van der Waals surface area contributed by atoms with E-state index >= 15 is 0 Å². The summed E-state index contributed by atoms with van der Waals surface area (Å²) in [5.74, 6) is 0.731. The van der Waals surface area contributed by atoms with Crippen LogP contribution in [0.4, 0.5) is 0 Å². The van der Waals surface area contributed by atoms with Crippen molar-refractivity contribution in [3.05, 3.63) is 18.7 Å². The maximum absolute atomic E-state index is 4.39. The van der Waals surface area contributed by atoms with E-state index in [9.17, 15) is 0 Å². The van der Waals surface area contributed by atoms with Crippen molar-refractivity contribution in [1.82, 2.24) is 19.9 Å². The Balaban J connectivity index is 1.99. The van der Waals surface area contributed by atoms with Gasteiger partial charge in [-0.25, -0.2) is 9.97 Å². The minimum atomic E-state index is 0.731. The predicted octanol–water partition coefficient (Wildman–Crippen LogP) is 1.19. The van der Waals surface area contributed by atoms with Gasteiger partial charge in [0.15, 0.2) is 5.65 Å². The smallest absolute Gasteiger partial charge is 0.183 e. The van der Waals surface area contributed by atoms with Gasteiger partial charge in [-0.15, -0.1) is 0 Å². The highest BCUT2D eigenvalue weighted by Crippen LogP contribution is 2.16. The molecule has 1 atom stereocenters. The first kappa shape index (κ1) is 9.57. The zero-order valence-electron chi connectivity index (χ0n) is 9.37. The third-order valence-corrected chi connectivity index (χ3v) is 3.12. The first-order valence-electron chi connectivity index (χ1n) is 5.73. The summed E-state index contributed by atoms with van der Waals surface area (Å²) in [7, 11) is 0. The molecule has 1 saturated heterocycles. The Morgan fingerprint density at radius 1 is 1.38 bits per heavy atom. The summed E-state index contributed by atoms with van der Waals surface area (Å²) in [5.41, 5.74) is 0.907. The van der Waals surface area contributed by atoms with Gasteiger partial charge in [0.1, 0.15) is 6.33 Å². The standard InChI is InChI=1S/C11H15N5/c1-9-3-2-4-15(7-9)16-11-10(6-14-16)5-12-8-13-11/h5-6,8-9H,2-4,7H2,1H3. The van der Waals surface area contributed by atoms with Gasteiger partial charge < -0.3 is 0 Å². The summed E-state index contributed by atoms with van der Waals surface area (Å²) in [6, 6.07) is 0. The fourth-order valence-electron chi connectivity index (χ4n) is 2.31. The molecule has 0 aromatic carbocycles. The van der Waals surface area contributed by atoms with Gasteiger partial charge in [-0.2, -0.15) is 9.89 Å². The molecule has 1 aliphatic rings.